The van der Waals surface area contributed by atoms with E-state index in [1.54, 1.807) is 0 Å². The summed E-state index contributed by atoms with van der Waals surface area (Å²) in [7, 11) is 0. The molecule has 248 valence electrons. The third kappa shape index (κ3) is 5.42. The fourth-order valence-electron chi connectivity index (χ4n) is 14.5. The molecule has 6 saturated carbocycles. The van der Waals surface area contributed by atoms with Crippen molar-refractivity contribution in [3.63, 3.8) is 0 Å². The van der Waals surface area contributed by atoms with Crippen molar-refractivity contribution in [1.29, 1.82) is 0 Å². The monoisotopic (exact) mass is 599 g/mol. The van der Waals surface area contributed by atoms with Crippen LogP contribution in [0.25, 0.3) is 0 Å². The van der Waals surface area contributed by atoms with Crippen molar-refractivity contribution in [3.05, 3.63) is 0 Å². The molecule has 14 atom stereocenters. The highest BCUT2D eigenvalue weighted by atomic mass is 16.3. The molecule has 0 saturated heterocycles. The van der Waals surface area contributed by atoms with E-state index in [2.05, 4.69) is 41.5 Å². The Morgan fingerprint density at radius 2 is 1.35 bits per heavy atom. The summed E-state index contributed by atoms with van der Waals surface area (Å²) in [6.07, 6.45) is 21.0. The molecule has 0 aliphatic heterocycles. The van der Waals surface area contributed by atoms with E-state index in [1.807, 2.05) is 6.92 Å². The molecule has 0 aromatic carbocycles. The maximum Gasteiger partial charge on any atom is 0.0656 e. The van der Waals surface area contributed by atoms with Crippen LogP contribution >= 0.6 is 0 Å². The molecule has 3 heteroatoms. The highest BCUT2D eigenvalue weighted by molar-refractivity contribution is 5.18. The minimum atomic E-state index is -0.532. The number of aliphatic hydroxyl groups is 3. The lowest BCUT2D eigenvalue weighted by molar-refractivity contribution is -0.280. The van der Waals surface area contributed by atoms with Crippen molar-refractivity contribution < 1.29 is 15.3 Å². The van der Waals surface area contributed by atoms with Gasteiger partial charge in [0.25, 0.3) is 0 Å². The van der Waals surface area contributed by atoms with Gasteiger partial charge in [0.2, 0.25) is 0 Å². The Labute approximate surface area is 265 Å². The van der Waals surface area contributed by atoms with Gasteiger partial charge in [-0.2, -0.15) is 0 Å². The van der Waals surface area contributed by atoms with Crippen LogP contribution in [0.2, 0.25) is 0 Å². The smallest absolute Gasteiger partial charge is 0.0656 e. The van der Waals surface area contributed by atoms with Crippen LogP contribution in [0.1, 0.15) is 151 Å². The van der Waals surface area contributed by atoms with Gasteiger partial charge in [0, 0.05) is 11.3 Å². The molecule has 14 unspecified atom stereocenters. The lowest BCUT2D eigenvalue weighted by atomic mass is 9.34. The van der Waals surface area contributed by atoms with Crippen LogP contribution < -0.4 is 0 Å². The molecular weight excluding hydrogens is 528 g/mol. The van der Waals surface area contributed by atoms with Crippen molar-refractivity contribution in [2.75, 3.05) is 0 Å². The van der Waals surface area contributed by atoms with Gasteiger partial charge in [-0.25, -0.2) is 0 Å². The molecule has 0 radical (unpaired) electrons. The van der Waals surface area contributed by atoms with Crippen LogP contribution in [0.4, 0.5) is 0 Å². The van der Waals surface area contributed by atoms with Gasteiger partial charge in [0.1, 0.15) is 0 Å². The van der Waals surface area contributed by atoms with E-state index in [0.717, 1.165) is 36.5 Å². The van der Waals surface area contributed by atoms with Gasteiger partial charge >= 0.3 is 0 Å². The van der Waals surface area contributed by atoms with Gasteiger partial charge in [-0.1, -0.05) is 106 Å². The first-order valence-corrected chi connectivity index (χ1v) is 19.3. The van der Waals surface area contributed by atoms with Crippen LogP contribution in [0.5, 0.6) is 0 Å². The van der Waals surface area contributed by atoms with E-state index in [-0.39, 0.29) is 40.1 Å². The normalized spacial score (nSPS) is 55.1. The zero-order valence-corrected chi connectivity index (χ0v) is 29.2. The van der Waals surface area contributed by atoms with Crippen LogP contribution in [0, 0.1) is 81.3 Å². The molecule has 0 aromatic heterocycles. The van der Waals surface area contributed by atoms with E-state index in [1.165, 1.54) is 89.9 Å². The molecule has 0 heterocycles. The van der Waals surface area contributed by atoms with Crippen molar-refractivity contribution in [2.45, 2.75) is 170 Å². The highest BCUT2D eigenvalue weighted by Crippen LogP contribution is 2.73. The zero-order valence-electron chi connectivity index (χ0n) is 29.2. The minimum absolute atomic E-state index is 0.0145. The molecule has 0 bridgehead atoms. The standard InChI is InChI=1S/C40H70O3/c1-24-13-20-31(30-18-16-29(17-19-30)15-14-28-11-9-8-10-12-28)32-22-38(5)23-39(6)21-25(2)33(27(4)41)37(43)40(39,7)26(3)35(38)36(42)34(24)32/h24-37,41-43H,8-23H2,1-7H3. The predicted molar refractivity (Wildman–Crippen MR) is 177 cm³/mol. The van der Waals surface area contributed by atoms with E-state index in [4.69, 9.17) is 0 Å². The van der Waals surface area contributed by atoms with Crippen molar-refractivity contribution in [1.82, 2.24) is 0 Å². The minimum Gasteiger partial charge on any atom is -0.393 e. The van der Waals surface area contributed by atoms with Crippen LogP contribution in [0.15, 0.2) is 0 Å². The largest absolute Gasteiger partial charge is 0.393 e. The lowest BCUT2D eigenvalue weighted by Gasteiger charge is -2.72. The van der Waals surface area contributed by atoms with Crippen molar-refractivity contribution in [3.8, 4) is 0 Å². The summed E-state index contributed by atoms with van der Waals surface area (Å²) in [5.74, 6) is 5.96. The molecule has 6 rings (SSSR count). The van der Waals surface area contributed by atoms with Gasteiger partial charge in [-0.15, -0.1) is 0 Å². The molecule has 3 nitrogen and oxygen atoms in total. The van der Waals surface area contributed by atoms with Gasteiger partial charge < -0.3 is 15.3 Å². The highest BCUT2D eigenvalue weighted by Gasteiger charge is 2.70. The Morgan fingerprint density at radius 1 is 0.721 bits per heavy atom. The third-order valence-corrected chi connectivity index (χ3v) is 16.7. The molecule has 6 aliphatic carbocycles. The van der Waals surface area contributed by atoms with E-state index in [0.29, 0.717) is 23.7 Å². The topological polar surface area (TPSA) is 60.7 Å². The van der Waals surface area contributed by atoms with Crippen molar-refractivity contribution in [2.24, 2.45) is 81.3 Å². The first kappa shape index (κ1) is 32.8. The molecule has 0 amide bonds. The summed E-state index contributed by atoms with van der Waals surface area (Å²) in [6.45, 7) is 16.3. The quantitative estimate of drug-likeness (QED) is 0.296. The Balaban J connectivity index is 1.19. The number of fused-ring (bicyclic) bond motifs is 3. The van der Waals surface area contributed by atoms with Gasteiger partial charge in [0.05, 0.1) is 18.3 Å². The van der Waals surface area contributed by atoms with E-state index < -0.39 is 12.2 Å². The first-order valence-electron chi connectivity index (χ1n) is 19.3. The van der Waals surface area contributed by atoms with E-state index >= 15 is 0 Å². The second-order valence-corrected chi connectivity index (χ2v) is 18.9. The number of hydrogen-bond acceptors (Lipinski definition) is 3. The molecule has 6 aliphatic rings. The first-order chi connectivity index (χ1) is 20.3. The van der Waals surface area contributed by atoms with Gasteiger partial charge in [-0.05, 0) is 115 Å². The Kier molecular flexibility index (Phi) is 9.27. The Morgan fingerprint density at radius 3 is 1.98 bits per heavy atom. The second kappa shape index (κ2) is 12.2. The van der Waals surface area contributed by atoms with Crippen LogP contribution in [-0.2, 0) is 0 Å². The summed E-state index contributed by atoms with van der Waals surface area (Å²) in [6, 6.07) is 0. The predicted octanol–water partition coefficient (Wildman–Crippen LogP) is 9.27. The SMILES string of the molecule is CC(O)C1C(C)CC2(C)CC3(C)CC4C(C5CCC(CCC6CCCCC6)CC5)CCC(C)C4C(O)C3C(C)C2(C)C1O. The van der Waals surface area contributed by atoms with Crippen LogP contribution in [-0.4, -0.2) is 33.6 Å². The maximum absolute atomic E-state index is 12.5. The van der Waals surface area contributed by atoms with Crippen molar-refractivity contribution >= 4 is 0 Å². The lowest BCUT2D eigenvalue weighted by Crippen LogP contribution is -2.70. The Hall–Kier alpha value is -0.120. The second-order valence-electron chi connectivity index (χ2n) is 18.9. The average Bonchev–Trinajstić information content (AvgIpc) is 2.94. The molecule has 3 N–H and O–H groups in total. The summed E-state index contributed by atoms with van der Waals surface area (Å²) >= 11 is 0. The summed E-state index contributed by atoms with van der Waals surface area (Å²) < 4.78 is 0. The summed E-state index contributed by atoms with van der Waals surface area (Å²) in [5.41, 5.74) is -0.176. The van der Waals surface area contributed by atoms with Crippen LogP contribution in [0.3, 0.4) is 0 Å². The van der Waals surface area contributed by atoms with E-state index in [9.17, 15) is 15.3 Å². The Bertz CT molecular complexity index is 949. The number of rotatable bonds is 5. The van der Waals surface area contributed by atoms with Gasteiger partial charge in [0.15, 0.2) is 0 Å². The molecule has 6 fully saturated rings. The molecule has 43 heavy (non-hydrogen) atoms. The molecular formula is C40H70O3. The fourth-order valence-corrected chi connectivity index (χ4v) is 14.5. The summed E-state index contributed by atoms with van der Waals surface area (Å²) in [5, 5.41) is 35.3. The summed E-state index contributed by atoms with van der Waals surface area (Å²) in [4.78, 5) is 0. The van der Waals surface area contributed by atoms with Gasteiger partial charge in [-0.3, -0.25) is 0 Å². The molecule has 0 aromatic rings. The fraction of sp³-hybridized carbons (Fsp3) is 1.00. The average molecular weight is 599 g/mol. The zero-order chi connectivity index (χ0) is 30.9. The number of aliphatic hydroxyl groups excluding tert-OH is 3. The molecule has 0 spiro atoms. The maximum atomic E-state index is 12.5. The number of hydrogen-bond donors (Lipinski definition) is 3. The third-order valence-electron chi connectivity index (χ3n) is 16.7.